The average Bonchev–Trinajstić information content (AvgIpc) is 2.26. The molecule has 0 spiro atoms. The van der Waals surface area contributed by atoms with Crippen LogP contribution in [0.1, 0.15) is 26.7 Å². The Morgan fingerprint density at radius 3 is 2.32 bits per heavy atom. The largest absolute Gasteiger partial charge is 0.495 e. The molecule has 102 valence electrons. The van der Waals surface area contributed by atoms with Crippen molar-refractivity contribution < 1.29 is 14.3 Å². The van der Waals surface area contributed by atoms with E-state index in [9.17, 15) is 9.59 Å². The van der Waals surface area contributed by atoms with Crippen LogP contribution in [0.4, 0.5) is 5.69 Å². The van der Waals surface area contributed by atoms with Gasteiger partial charge >= 0.3 is 0 Å². The maximum atomic E-state index is 12.2. The SMILES string of the molecule is COc1ccc(Br)cc1N1C(=O)CC(C)(C)CC1=O. The number of imide groups is 1. The quantitative estimate of drug-likeness (QED) is 0.785. The number of rotatable bonds is 2. The number of amides is 2. The van der Waals surface area contributed by atoms with Crippen molar-refractivity contribution in [2.75, 3.05) is 12.0 Å². The summed E-state index contributed by atoms with van der Waals surface area (Å²) in [5.74, 6) is 0.153. The van der Waals surface area contributed by atoms with Crippen LogP contribution in [0, 0.1) is 5.41 Å². The molecule has 0 N–H and O–H groups in total. The predicted molar refractivity (Wildman–Crippen MR) is 76.2 cm³/mol. The zero-order valence-electron chi connectivity index (χ0n) is 11.2. The van der Waals surface area contributed by atoms with Gasteiger partial charge in [0, 0.05) is 17.3 Å². The highest BCUT2D eigenvalue weighted by Crippen LogP contribution is 2.38. The summed E-state index contributed by atoms with van der Waals surface area (Å²) in [4.78, 5) is 25.7. The van der Waals surface area contributed by atoms with Gasteiger partial charge in [0.1, 0.15) is 5.75 Å². The van der Waals surface area contributed by atoms with E-state index in [0.717, 1.165) is 4.47 Å². The van der Waals surface area contributed by atoms with Crippen molar-refractivity contribution in [2.24, 2.45) is 5.41 Å². The molecule has 1 aliphatic rings. The molecule has 4 nitrogen and oxygen atoms in total. The van der Waals surface area contributed by atoms with E-state index in [0.29, 0.717) is 24.3 Å². The number of carbonyl (C=O) groups excluding carboxylic acids is 2. The second-order valence-corrected chi connectivity index (χ2v) is 6.37. The van der Waals surface area contributed by atoms with Gasteiger partial charge in [-0.1, -0.05) is 29.8 Å². The molecule has 0 unspecified atom stereocenters. The van der Waals surface area contributed by atoms with E-state index in [1.807, 2.05) is 19.9 Å². The first-order valence-electron chi connectivity index (χ1n) is 6.03. The number of halogens is 1. The zero-order chi connectivity index (χ0) is 14.2. The van der Waals surface area contributed by atoms with Gasteiger partial charge in [0.2, 0.25) is 11.8 Å². The summed E-state index contributed by atoms with van der Waals surface area (Å²) in [5, 5.41) is 0. The van der Waals surface area contributed by atoms with Gasteiger partial charge in [-0.05, 0) is 23.6 Å². The Balaban J connectivity index is 2.44. The van der Waals surface area contributed by atoms with E-state index in [1.165, 1.54) is 12.0 Å². The van der Waals surface area contributed by atoms with Gasteiger partial charge < -0.3 is 4.74 Å². The summed E-state index contributed by atoms with van der Waals surface area (Å²) in [6.45, 7) is 3.86. The Hall–Kier alpha value is -1.36. The lowest BCUT2D eigenvalue weighted by Gasteiger charge is -2.35. The summed E-state index contributed by atoms with van der Waals surface area (Å²) >= 11 is 3.35. The van der Waals surface area contributed by atoms with Crippen LogP contribution in [0.2, 0.25) is 0 Å². The van der Waals surface area contributed by atoms with Crippen LogP contribution in [0.25, 0.3) is 0 Å². The molecule has 0 aromatic heterocycles. The highest BCUT2D eigenvalue weighted by Gasteiger charge is 2.39. The molecule has 5 heteroatoms. The number of hydrogen-bond donors (Lipinski definition) is 0. The van der Waals surface area contributed by atoms with Crippen molar-refractivity contribution in [3.05, 3.63) is 22.7 Å². The van der Waals surface area contributed by atoms with Crippen LogP contribution in [0.5, 0.6) is 5.75 Å². The molecule has 1 heterocycles. The Labute approximate surface area is 120 Å². The van der Waals surface area contributed by atoms with Crippen molar-refractivity contribution in [1.29, 1.82) is 0 Å². The Morgan fingerprint density at radius 2 is 1.79 bits per heavy atom. The molecule has 1 aromatic rings. The topological polar surface area (TPSA) is 46.6 Å². The first-order chi connectivity index (χ1) is 8.84. The second kappa shape index (κ2) is 4.96. The first kappa shape index (κ1) is 14.1. The average molecular weight is 326 g/mol. The van der Waals surface area contributed by atoms with E-state index in [-0.39, 0.29) is 17.2 Å². The Bertz CT molecular complexity index is 519. The number of nitrogens with zero attached hydrogens (tertiary/aromatic N) is 1. The monoisotopic (exact) mass is 325 g/mol. The molecule has 1 aromatic carbocycles. The fraction of sp³-hybridized carbons (Fsp3) is 0.429. The standard InChI is InChI=1S/C14H16BrNO3/c1-14(2)7-12(17)16(13(18)8-14)10-6-9(15)4-5-11(10)19-3/h4-6H,7-8H2,1-3H3. The number of piperidine rings is 1. The molecule has 2 rings (SSSR count). The number of benzene rings is 1. The molecule has 0 radical (unpaired) electrons. The molecule has 1 aliphatic heterocycles. The van der Waals surface area contributed by atoms with Crippen molar-refractivity contribution in [3.63, 3.8) is 0 Å². The molecule has 0 aliphatic carbocycles. The molecule has 2 amide bonds. The third kappa shape index (κ3) is 2.81. The van der Waals surface area contributed by atoms with Crippen molar-refractivity contribution in [1.82, 2.24) is 0 Å². The van der Waals surface area contributed by atoms with Crippen LogP contribution in [-0.2, 0) is 9.59 Å². The van der Waals surface area contributed by atoms with Gasteiger partial charge in [-0.15, -0.1) is 0 Å². The predicted octanol–water partition coefficient (Wildman–Crippen LogP) is 3.14. The summed E-state index contributed by atoms with van der Waals surface area (Å²) in [6.07, 6.45) is 0.711. The first-order valence-corrected chi connectivity index (χ1v) is 6.83. The van der Waals surface area contributed by atoms with E-state index in [2.05, 4.69) is 15.9 Å². The van der Waals surface area contributed by atoms with Gasteiger partial charge in [-0.25, -0.2) is 4.90 Å². The molecule has 0 saturated carbocycles. The molecule has 0 bridgehead atoms. The van der Waals surface area contributed by atoms with Gasteiger partial charge in [0.15, 0.2) is 0 Å². The van der Waals surface area contributed by atoms with Gasteiger partial charge in [0.25, 0.3) is 0 Å². The summed E-state index contributed by atoms with van der Waals surface area (Å²) in [6, 6.07) is 5.28. The zero-order valence-corrected chi connectivity index (χ0v) is 12.8. The van der Waals surface area contributed by atoms with E-state index < -0.39 is 0 Å². The number of methoxy groups -OCH3 is 1. The van der Waals surface area contributed by atoms with Crippen molar-refractivity contribution in [2.45, 2.75) is 26.7 Å². The summed E-state index contributed by atoms with van der Waals surface area (Å²) in [5.41, 5.74) is 0.228. The minimum absolute atomic E-state index is 0.183. The Kier molecular flexibility index (Phi) is 3.67. The van der Waals surface area contributed by atoms with Gasteiger partial charge in [0.05, 0.1) is 12.8 Å². The minimum atomic E-state index is -0.274. The lowest BCUT2D eigenvalue weighted by Crippen LogP contribution is -2.46. The lowest BCUT2D eigenvalue weighted by molar-refractivity contribution is -0.132. The van der Waals surface area contributed by atoms with E-state index in [1.54, 1.807) is 12.1 Å². The Morgan fingerprint density at radius 1 is 1.21 bits per heavy atom. The lowest BCUT2D eigenvalue weighted by atomic mass is 9.81. The molecule has 1 saturated heterocycles. The molecule has 19 heavy (non-hydrogen) atoms. The number of carbonyl (C=O) groups is 2. The van der Waals surface area contributed by atoms with Gasteiger partial charge in [-0.3, -0.25) is 9.59 Å². The molecule has 1 fully saturated rings. The van der Waals surface area contributed by atoms with Crippen LogP contribution in [-0.4, -0.2) is 18.9 Å². The van der Waals surface area contributed by atoms with Crippen LogP contribution >= 0.6 is 15.9 Å². The number of hydrogen-bond acceptors (Lipinski definition) is 3. The highest BCUT2D eigenvalue weighted by atomic mass is 79.9. The maximum Gasteiger partial charge on any atom is 0.234 e. The minimum Gasteiger partial charge on any atom is -0.495 e. The second-order valence-electron chi connectivity index (χ2n) is 5.46. The number of anilines is 1. The summed E-state index contributed by atoms with van der Waals surface area (Å²) in [7, 11) is 1.52. The fourth-order valence-electron chi connectivity index (χ4n) is 2.29. The van der Waals surface area contributed by atoms with Gasteiger partial charge in [-0.2, -0.15) is 0 Å². The van der Waals surface area contributed by atoms with Crippen LogP contribution in [0.3, 0.4) is 0 Å². The smallest absolute Gasteiger partial charge is 0.234 e. The fourth-order valence-corrected chi connectivity index (χ4v) is 2.63. The van der Waals surface area contributed by atoms with Crippen molar-refractivity contribution in [3.8, 4) is 5.75 Å². The molecule has 0 atom stereocenters. The summed E-state index contributed by atoms with van der Waals surface area (Å²) < 4.78 is 6.04. The number of ether oxygens (including phenoxy) is 1. The van der Waals surface area contributed by atoms with Crippen LogP contribution < -0.4 is 9.64 Å². The molecular weight excluding hydrogens is 310 g/mol. The maximum absolute atomic E-state index is 12.2. The third-order valence-corrected chi connectivity index (χ3v) is 3.63. The van der Waals surface area contributed by atoms with E-state index in [4.69, 9.17) is 4.74 Å². The third-order valence-electron chi connectivity index (χ3n) is 3.14. The molecular formula is C14H16BrNO3. The van der Waals surface area contributed by atoms with Crippen LogP contribution in [0.15, 0.2) is 22.7 Å². The highest BCUT2D eigenvalue weighted by molar-refractivity contribution is 9.10. The van der Waals surface area contributed by atoms with E-state index >= 15 is 0 Å². The van der Waals surface area contributed by atoms with Crippen molar-refractivity contribution >= 4 is 33.4 Å². The normalized spacial score (nSPS) is 18.6.